The third-order valence-corrected chi connectivity index (χ3v) is 5.42. The lowest BCUT2D eigenvalue weighted by Gasteiger charge is -2.20. The van der Waals surface area contributed by atoms with E-state index in [0.29, 0.717) is 11.3 Å². The summed E-state index contributed by atoms with van der Waals surface area (Å²) in [5, 5.41) is 2.95. The fourth-order valence-electron chi connectivity index (χ4n) is 2.49. The van der Waals surface area contributed by atoms with E-state index in [9.17, 15) is 13.2 Å². The third kappa shape index (κ3) is 4.60. The minimum Gasteiger partial charge on any atom is -0.346 e. The molecule has 1 amide bonds. The van der Waals surface area contributed by atoms with Crippen LogP contribution < -0.4 is 9.62 Å². The highest BCUT2D eigenvalue weighted by atomic mass is 32.2. The Morgan fingerprint density at radius 2 is 1.68 bits per heavy atom. The van der Waals surface area contributed by atoms with Gasteiger partial charge < -0.3 is 5.32 Å². The number of sulfonamides is 1. The fraction of sp³-hybridized carbons (Fsp3) is 0.316. The van der Waals surface area contributed by atoms with E-state index in [-0.39, 0.29) is 11.9 Å². The molecule has 2 rings (SSSR count). The van der Waals surface area contributed by atoms with Crippen molar-refractivity contribution in [3.63, 3.8) is 0 Å². The molecule has 1 N–H and O–H groups in total. The Balaban J connectivity index is 2.23. The first-order valence-corrected chi connectivity index (χ1v) is 9.86. The summed E-state index contributed by atoms with van der Waals surface area (Å²) in [4.78, 5) is 12.6. The van der Waals surface area contributed by atoms with Crippen molar-refractivity contribution in [2.75, 3.05) is 17.6 Å². The Morgan fingerprint density at radius 3 is 2.24 bits per heavy atom. The van der Waals surface area contributed by atoms with Crippen LogP contribution in [0.2, 0.25) is 0 Å². The van der Waals surface area contributed by atoms with Crippen molar-refractivity contribution in [3.8, 4) is 0 Å². The van der Waals surface area contributed by atoms with Crippen LogP contribution in [0.3, 0.4) is 0 Å². The molecule has 2 aromatic rings. The average molecular weight is 360 g/mol. The normalized spacial score (nSPS) is 12.5. The molecule has 0 radical (unpaired) electrons. The average Bonchev–Trinajstić information content (AvgIpc) is 2.54. The Labute approximate surface area is 149 Å². The maximum atomic E-state index is 12.6. The van der Waals surface area contributed by atoms with E-state index in [1.807, 2.05) is 45.0 Å². The molecule has 0 saturated carbocycles. The molecule has 6 heteroatoms. The minimum absolute atomic E-state index is 0.148. The number of nitrogens with one attached hydrogen (secondary N) is 1. The topological polar surface area (TPSA) is 66.5 Å². The van der Waals surface area contributed by atoms with Crippen LogP contribution in [-0.4, -0.2) is 27.6 Å². The van der Waals surface area contributed by atoms with Gasteiger partial charge in [-0.15, -0.1) is 0 Å². The number of amides is 1. The second-order valence-electron chi connectivity index (χ2n) is 6.34. The third-order valence-electron chi connectivity index (χ3n) is 4.23. The second kappa shape index (κ2) is 7.27. The summed E-state index contributed by atoms with van der Waals surface area (Å²) in [5.41, 5.74) is 3.89. The SMILES string of the molecule is Cc1ccc([C@H](C)NC(=O)c2ccc(C)c(N(C)S(C)(=O)=O)c2)cc1. The Bertz CT molecular complexity index is 874. The molecule has 1 atom stereocenters. The highest BCUT2D eigenvalue weighted by Crippen LogP contribution is 2.23. The predicted octanol–water partition coefficient (Wildman–Crippen LogP) is 3.19. The summed E-state index contributed by atoms with van der Waals surface area (Å²) < 4.78 is 24.7. The van der Waals surface area contributed by atoms with Gasteiger partial charge in [0, 0.05) is 12.6 Å². The molecule has 0 fully saturated rings. The number of carbonyl (C=O) groups excluding carboxylic acids is 1. The first-order valence-electron chi connectivity index (χ1n) is 8.01. The van der Waals surface area contributed by atoms with Crippen LogP contribution in [0.5, 0.6) is 0 Å². The molecular formula is C19H24N2O3S. The Hall–Kier alpha value is -2.34. The molecule has 2 aromatic carbocycles. The van der Waals surface area contributed by atoms with Crippen LogP contribution in [0.25, 0.3) is 0 Å². The van der Waals surface area contributed by atoms with Gasteiger partial charge in [0.15, 0.2) is 0 Å². The molecule has 0 spiro atoms. The number of rotatable bonds is 5. The van der Waals surface area contributed by atoms with Gasteiger partial charge in [0.1, 0.15) is 0 Å². The number of hydrogen-bond acceptors (Lipinski definition) is 3. The number of hydrogen-bond donors (Lipinski definition) is 1. The van der Waals surface area contributed by atoms with Crippen molar-refractivity contribution in [2.45, 2.75) is 26.8 Å². The smallest absolute Gasteiger partial charge is 0.251 e. The first kappa shape index (κ1) is 19.0. The van der Waals surface area contributed by atoms with E-state index in [1.54, 1.807) is 18.2 Å². The molecule has 5 nitrogen and oxygen atoms in total. The van der Waals surface area contributed by atoms with E-state index in [4.69, 9.17) is 0 Å². The van der Waals surface area contributed by atoms with Gasteiger partial charge in [-0.2, -0.15) is 0 Å². The molecule has 0 aliphatic carbocycles. The summed E-state index contributed by atoms with van der Waals surface area (Å²) in [5.74, 6) is -0.240. The molecular weight excluding hydrogens is 336 g/mol. The van der Waals surface area contributed by atoms with Crippen molar-refractivity contribution in [1.29, 1.82) is 0 Å². The van der Waals surface area contributed by atoms with E-state index in [1.165, 1.54) is 11.4 Å². The summed E-state index contributed by atoms with van der Waals surface area (Å²) in [6, 6.07) is 12.9. The van der Waals surface area contributed by atoms with Crippen LogP contribution in [0, 0.1) is 13.8 Å². The summed E-state index contributed by atoms with van der Waals surface area (Å²) in [6.45, 7) is 5.74. The molecule has 25 heavy (non-hydrogen) atoms. The fourth-order valence-corrected chi connectivity index (χ4v) is 3.04. The number of anilines is 1. The molecule has 0 heterocycles. The lowest BCUT2D eigenvalue weighted by atomic mass is 10.1. The zero-order chi connectivity index (χ0) is 18.8. The van der Waals surface area contributed by atoms with Gasteiger partial charge >= 0.3 is 0 Å². The number of carbonyl (C=O) groups is 1. The van der Waals surface area contributed by atoms with Crippen LogP contribution in [0.4, 0.5) is 5.69 Å². The number of aryl methyl sites for hydroxylation is 2. The highest BCUT2D eigenvalue weighted by Gasteiger charge is 2.17. The number of benzene rings is 2. The van der Waals surface area contributed by atoms with Crippen molar-refractivity contribution in [2.24, 2.45) is 0 Å². The maximum Gasteiger partial charge on any atom is 0.251 e. The van der Waals surface area contributed by atoms with Gasteiger partial charge in [-0.25, -0.2) is 8.42 Å². The summed E-state index contributed by atoms with van der Waals surface area (Å²) in [7, 11) is -1.91. The van der Waals surface area contributed by atoms with Gasteiger partial charge in [-0.05, 0) is 44.0 Å². The molecule has 0 aromatic heterocycles. The van der Waals surface area contributed by atoms with Crippen molar-refractivity contribution in [3.05, 3.63) is 64.7 Å². The van der Waals surface area contributed by atoms with Crippen molar-refractivity contribution in [1.82, 2.24) is 5.32 Å². The van der Waals surface area contributed by atoms with Gasteiger partial charge in [0.25, 0.3) is 5.91 Å². The van der Waals surface area contributed by atoms with Crippen LogP contribution >= 0.6 is 0 Å². The molecule has 134 valence electrons. The van der Waals surface area contributed by atoms with Crippen LogP contribution in [0.1, 0.15) is 40.0 Å². The highest BCUT2D eigenvalue weighted by molar-refractivity contribution is 7.92. The summed E-state index contributed by atoms with van der Waals surface area (Å²) >= 11 is 0. The second-order valence-corrected chi connectivity index (χ2v) is 8.35. The van der Waals surface area contributed by atoms with Crippen molar-refractivity contribution < 1.29 is 13.2 Å². The van der Waals surface area contributed by atoms with Gasteiger partial charge in [-0.3, -0.25) is 9.10 Å². The maximum absolute atomic E-state index is 12.6. The van der Waals surface area contributed by atoms with Crippen LogP contribution in [0.15, 0.2) is 42.5 Å². The molecule has 0 unspecified atom stereocenters. The lowest BCUT2D eigenvalue weighted by molar-refractivity contribution is 0.0940. The minimum atomic E-state index is -3.39. The van der Waals surface area contributed by atoms with E-state index >= 15 is 0 Å². The standard InChI is InChI=1S/C19H24N2O3S/c1-13-6-9-16(10-7-13)15(3)20-19(22)17-11-8-14(2)18(12-17)21(4)25(5,23)24/h6-12,15H,1-5H3,(H,20,22)/t15-/m0/s1. The van der Waals surface area contributed by atoms with E-state index in [2.05, 4.69) is 5.32 Å². The van der Waals surface area contributed by atoms with Crippen molar-refractivity contribution >= 4 is 21.6 Å². The number of nitrogens with zero attached hydrogens (tertiary/aromatic N) is 1. The largest absolute Gasteiger partial charge is 0.346 e. The quantitative estimate of drug-likeness (QED) is 0.890. The Morgan fingerprint density at radius 1 is 1.08 bits per heavy atom. The lowest BCUT2D eigenvalue weighted by Crippen LogP contribution is -2.28. The monoisotopic (exact) mass is 360 g/mol. The van der Waals surface area contributed by atoms with Crippen LogP contribution in [-0.2, 0) is 10.0 Å². The molecule has 0 aliphatic heterocycles. The predicted molar refractivity (Wildman–Crippen MR) is 101 cm³/mol. The van der Waals surface area contributed by atoms with E-state index < -0.39 is 10.0 Å². The van der Waals surface area contributed by atoms with Gasteiger partial charge in [0.05, 0.1) is 18.0 Å². The molecule has 0 saturated heterocycles. The van der Waals surface area contributed by atoms with Gasteiger partial charge in [-0.1, -0.05) is 35.9 Å². The summed E-state index contributed by atoms with van der Waals surface area (Å²) in [6.07, 6.45) is 1.14. The van der Waals surface area contributed by atoms with Gasteiger partial charge in [0.2, 0.25) is 10.0 Å². The van der Waals surface area contributed by atoms with E-state index in [0.717, 1.165) is 22.9 Å². The Kier molecular flexibility index (Phi) is 5.52. The molecule has 0 aliphatic rings. The first-order chi connectivity index (χ1) is 11.6. The zero-order valence-electron chi connectivity index (χ0n) is 15.2. The molecule has 0 bridgehead atoms. The zero-order valence-corrected chi connectivity index (χ0v) is 16.0.